The summed E-state index contributed by atoms with van der Waals surface area (Å²) in [4.78, 5) is 2.32. The molecule has 5 aromatic carbocycles. The quantitative estimate of drug-likeness (QED) is 0.280. The van der Waals surface area contributed by atoms with Crippen LogP contribution in [0, 0.1) is 0 Å². The van der Waals surface area contributed by atoms with E-state index in [1.807, 2.05) is 0 Å². The van der Waals surface area contributed by atoms with E-state index < -0.39 is 0 Å². The average Bonchev–Trinajstić information content (AvgIpc) is 2.89. The largest absolute Gasteiger partial charge is 0.344 e. The molecule has 0 unspecified atom stereocenters. The Labute approximate surface area is 190 Å². The summed E-state index contributed by atoms with van der Waals surface area (Å²) >= 11 is 0. The normalized spacial score (nSPS) is 10.7. The lowest BCUT2D eigenvalue weighted by Crippen LogP contribution is -2.12. The topological polar surface area (TPSA) is 3.24 Å². The maximum absolute atomic E-state index is 2.32. The molecule has 0 heterocycles. The molecule has 0 N–H and O–H groups in total. The predicted octanol–water partition coefficient (Wildman–Crippen LogP) is 8.46. The monoisotopic (exact) mass is 411 g/mol. The molecule has 0 saturated carbocycles. The van der Waals surface area contributed by atoms with Crippen molar-refractivity contribution in [2.45, 2.75) is 0 Å². The first-order valence-electron chi connectivity index (χ1n) is 10.9. The van der Waals surface area contributed by atoms with Gasteiger partial charge in [-0.15, -0.1) is 0 Å². The number of hydrogen-bond donors (Lipinski definition) is 0. The van der Waals surface area contributed by atoms with E-state index in [1.165, 1.54) is 44.8 Å². The smallest absolute Gasteiger partial charge is 0.0494 e. The van der Waals surface area contributed by atoms with E-state index in [1.54, 1.807) is 0 Å². The maximum Gasteiger partial charge on any atom is 0.0494 e. The second-order valence-corrected chi connectivity index (χ2v) is 7.91. The second kappa shape index (κ2) is 8.95. The summed E-state index contributed by atoms with van der Waals surface area (Å²) in [6.07, 6.45) is 0. The number of benzene rings is 5. The number of nitrogens with zero attached hydrogens (tertiary/aromatic N) is 1. The van der Waals surface area contributed by atoms with Crippen LogP contribution in [0.1, 0.15) is 0 Å². The minimum Gasteiger partial charge on any atom is -0.344 e. The molecule has 0 spiro atoms. The van der Waals surface area contributed by atoms with Crippen molar-refractivity contribution in [2.24, 2.45) is 0 Å². The number of hydrogen-bond acceptors (Lipinski definition) is 1. The summed E-state index contributed by atoms with van der Waals surface area (Å²) in [6.45, 7) is 0. The fourth-order valence-corrected chi connectivity index (χ4v) is 4.24. The van der Waals surface area contributed by atoms with Gasteiger partial charge in [0.2, 0.25) is 0 Å². The van der Waals surface area contributed by atoms with Crippen molar-refractivity contribution in [1.82, 2.24) is 0 Å². The van der Waals surface area contributed by atoms with Crippen LogP contribution in [0.15, 0.2) is 133 Å². The molecular formula is C31H25N. The van der Waals surface area contributed by atoms with Gasteiger partial charge >= 0.3 is 0 Å². The van der Waals surface area contributed by atoms with Gasteiger partial charge in [-0.1, -0.05) is 121 Å². The summed E-state index contributed by atoms with van der Waals surface area (Å²) in [5.41, 5.74) is 9.67. The van der Waals surface area contributed by atoms with E-state index in [0.717, 1.165) is 0 Å². The standard InChI is InChI=1S/C31H25N/c1-32(30-20-12-11-19-28(30)25-15-7-3-8-16-25)31-23-27(24-13-5-2-6-14-24)21-22-29(31)26-17-9-4-10-18-26/h2-23H,1H3. The SMILES string of the molecule is CN(c1ccccc1-c1ccccc1)c1cc(-c2ccccc2)ccc1-c1ccccc1. The predicted molar refractivity (Wildman–Crippen MR) is 137 cm³/mol. The Bertz CT molecular complexity index is 1310. The Morgan fingerprint density at radius 2 is 0.844 bits per heavy atom. The van der Waals surface area contributed by atoms with Gasteiger partial charge in [0.15, 0.2) is 0 Å². The van der Waals surface area contributed by atoms with Crippen LogP contribution in [0.25, 0.3) is 33.4 Å². The first-order chi connectivity index (χ1) is 15.8. The molecule has 1 heteroatoms. The van der Waals surface area contributed by atoms with E-state index in [-0.39, 0.29) is 0 Å². The Balaban J connectivity index is 1.68. The molecular weight excluding hydrogens is 386 g/mol. The highest BCUT2D eigenvalue weighted by Gasteiger charge is 2.16. The van der Waals surface area contributed by atoms with E-state index in [4.69, 9.17) is 0 Å². The van der Waals surface area contributed by atoms with Crippen LogP contribution in [0.4, 0.5) is 11.4 Å². The van der Waals surface area contributed by atoms with Gasteiger partial charge in [0.05, 0.1) is 0 Å². The Kier molecular flexibility index (Phi) is 5.55. The zero-order valence-corrected chi connectivity index (χ0v) is 18.1. The Morgan fingerprint density at radius 1 is 0.375 bits per heavy atom. The van der Waals surface area contributed by atoms with Gasteiger partial charge in [0, 0.05) is 29.5 Å². The molecule has 5 rings (SSSR count). The van der Waals surface area contributed by atoms with Crippen molar-refractivity contribution in [3.05, 3.63) is 133 Å². The van der Waals surface area contributed by atoms with Crippen LogP contribution in [-0.2, 0) is 0 Å². The minimum atomic E-state index is 1.18. The van der Waals surface area contributed by atoms with Gasteiger partial charge in [0.25, 0.3) is 0 Å². The number of rotatable bonds is 5. The molecule has 0 aliphatic carbocycles. The third-order valence-electron chi connectivity index (χ3n) is 5.90. The maximum atomic E-state index is 2.32. The molecule has 154 valence electrons. The summed E-state index contributed by atoms with van der Waals surface area (Å²) in [5.74, 6) is 0. The van der Waals surface area contributed by atoms with Crippen molar-refractivity contribution in [3.63, 3.8) is 0 Å². The van der Waals surface area contributed by atoms with Crippen LogP contribution < -0.4 is 4.90 Å². The molecule has 0 atom stereocenters. The van der Waals surface area contributed by atoms with Crippen LogP contribution in [0.2, 0.25) is 0 Å². The highest BCUT2D eigenvalue weighted by molar-refractivity contribution is 5.90. The molecule has 1 nitrogen and oxygen atoms in total. The third kappa shape index (κ3) is 3.93. The van der Waals surface area contributed by atoms with Crippen molar-refractivity contribution in [1.29, 1.82) is 0 Å². The van der Waals surface area contributed by atoms with Gasteiger partial charge in [-0.25, -0.2) is 0 Å². The fourth-order valence-electron chi connectivity index (χ4n) is 4.24. The fraction of sp³-hybridized carbons (Fsp3) is 0.0323. The van der Waals surface area contributed by atoms with Crippen molar-refractivity contribution < 1.29 is 0 Å². The molecule has 0 bridgehead atoms. The number of para-hydroxylation sites is 1. The number of anilines is 2. The molecule has 5 aromatic rings. The van der Waals surface area contributed by atoms with Crippen molar-refractivity contribution >= 4 is 11.4 Å². The van der Waals surface area contributed by atoms with Gasteiger partial charge in [0.1, 0.15) is 0 Å². The van der Waals surface area contributed by atoms with E-state index in [9.17, 15) is 0 Å². The Hall–Kier alpha value is -4.10. The highest BCUT2D eigenvalue weighted by atomic mass is 15.1. The lowest BCUT2D eigenvalue weighted by Gasteiger charge is -2.26. The van der Waals surface area contributed by atoms with Crippen LogP contribution in [-0.4, -0.2) is 7.05 Å². The van der Waals surface area contributed by atoms with Gasteiger partial charge in [-0.3, -0.25) is 0 Å². The molecule has 0 amide bonds. The zero-order chi connectivity index (χ0) is 21.8. The summed E-state index contributed by atoms with van der Waals surface area (Å²) < 4.78 is 0. The summed E-state index contributed by atoms with van der Waals surface area (Å²) in [5, 5.41) is 0. The molecule has 32 heavy (non-hydrogen) atoms. The lowest BCUT2D eigenvalue weighted by atomic mass is 9.96. The van der Waals surface area contributed by atoms with Gasteiger partial charge in [-0.05, 0) is 34.4 Å². The lowest BCUT2D eigenvalue weighted by molar-refractivity contribution is 1.21. The third-order valence-corrected chi connectivity index (χ3v) is 5.90. The molecule has 0 aliphatic heterocycles. The first-order valence-corrected chi connectivity index (χ1v) is 10.9. The Morgan fingerprint density at radius 3 is 1.44 bits per heavy atom. The molecule has 0 fully saturated rings. The highest BCUT2D eigenvalue weighted by Crippen LogP contribution is 2.40. The van der Waals surface area contributed by atoms with Crippen LogP contribution in [0.5, 0.6) is 0 Å². The van der Waals surface area contributed by atoms with Crippen LogP contribution >= 0.6 is 0 Å². The van der Waals surface area contributed by atoms with E-state index in [2.05, 4.69) is 145 Å². The van der Waals surface area contributed by atoms with E-state index >= 15 is 0 Å². The van der Waals surface area contributed by atoms with Gasteiger partial charge < -0.3 is 4.90 Å². The minimum absolute atomic E-state index is 1.18. The molecule has 0 saturated heterocycles. The average molecular weight is 412 g/mol. The zero-order valence-electron chi connectivity index (χ0n) is 18.1. The van der Waals surface area contributed by atoms with E-state index in [0.29, 0.717) is 0 Å². The van der Waals surface area contributed by atoms with Crippen LogP contribution in [0.3, 0.4) is 0 Å². The first kappa shape index (κ1) is 19.8. The summed E-state index contributed by atoms with van der Waals surface area (Å²) in [7, 11) is 2.16. The molecule has 0 radical (unpaired) electrons. The molecule has 0 aromatic heterocycles. The van der Waals surface area contributed by atoms with Gasteiger partial charge in [-0.2, -0.15) is 0 Å². The second-order valence-electron chi connectivity index (χ2n) is 7.91. The summed E-state index contributed by atoms with van der Waals surface area (Å²) in [6, 6.07) is 47.2. The van der Waals surface area contributed by atoms with Crippen molar-refractivity contribution in [2.75, 3.05) is 11.9 Å². The molecule has 0 aliphatic rings. The van der Waals surface area contributed by atoms with Crippen molar-refractivity contribution in [3.8, 4) is 33.4 Å².